The van der Waals surface area contributed by atoms with E-state index < -0.39 is 17.7 Å². The lowest BCUT2D eigenvalue weighted by molar-refractivity contribution is 0.0275. The summed E-state index contributed by atoms with van der Waals surface area (Å²) in [6, 6.07) is 13.7. The molecule has 0 fully saturated rings. The molecule has 0 bridgehead atoms. The molecular weight excluding hydrogens is 367 g/mol. The molecule has 0 radical (unpaired) electrons. The Labute approximate surface area is 157 Å². The highest BCUT2D eigenvalue weighted by Gasteiger charge is 2.22. The standard InChI is InChI=1S/C20H13FN2O5/c1-11(17-22-23-18(28-17)12-6-8-14(21)9-7-12)26-19(24)15-10-13-4-2-3-5-16(13)27-20(15)25/h2-11H,1H3/t11-/m1/s1. The van der Waals surface area contributed by atoms with E-state index in [1.807, 2.05) is 0 Å². The van der Waals surface area contributed by atoms with E-state index in [2.05, 4.69) is 10.2 Å². The monoisotopic (exact) mass is 380 g/mol. The zero-order chi connectivity index (χ0) is 19.7. The van der Waals surface area contributed by atoms with Crippen molar-refractivity contribution >= 4 is 16.9 Å². The highest BCUT2D eigenvalue weighted by Crippen LogP contribution is 2.23. The second-order valence-corrected chi connectivity index (χ2v) is 5.99. The molecule has 4 aromatic rings. The van der Waals surface area contributed by atoms with Gasteiger partial charge in [0.2, 0.25) is 5.89 Å². The molecule has 0 spiro atoms. The first kappa shape index (κ1) is 17.6. The molecule has 0 aliphatic rings. The summed E-state index contributed by atoms with van der Waals surface area (Å²) >= 11 is 0. The summed E-state index contributed by atoms with van der Waals surface area (Å²) in [4.78, 5) is 24.5. The summed E-state index contributed by atoms with van der Waals surface area (Å²) in [5.74, 6) is -1.06. The Balaban J connectivity index is 1.54. The average molecular weight is 380 g/mol. The molecule has 0 amide bonds. The molecule has 0 aliphatic heterocycles. The van der Waals surface area contributed by atoms with Crippen molar-refractivity contribution in [3.63, 3.8) is 0 Å². The van der Waals surface area contributed by atoms with Crippen LogP contribution in [-0.4, -0.2) is 16.2 Å². The molecule has 0 saturated heterocycles. The maximum Gasteiger partial charge on any atom is 0.351 e. The van der Waals surface area contributed by atoms with Crippen LogP contribution in [0.4, 0.5) is 4.39 Å². The van der Waals surface area contributed by atoms with Gasteiger partial charge in [0.05, 0.1) is 0 Å². The number of benzene rings is 2. The first-order valence-electron chi connectivity index (χ1n) is 8.34. The molecule has 1 atom stereocenters. The molecule has 0 N–H and O–H groups in total. The second-order valence-electron chi connectivity index (χ2n) is 5.99. The number of rotatable bonds is 4. The Morgan fingerprint density at radius 2 is 1.82 bits per heavy atom. The number of para-hydroxylation sites is 1. The van der Waals surface area contributed by atoms with Crippen LogP contribution in [0.3, 0.4) is 0 Å². The van der Waals surface area contributed by atoms with Gasteiger partial charge >= 0.3 is 11.6 Å². The Morgan fingerprint density at radius 1 is 1.07 bits per heavy atom. The smallest absolute Gasteiger partial charge is 0.351 e. The number of carbonyl (C=O) groups is 1. The Hall–Kier alpha value is -3.81. The van der Waals surface area contributed by atoms with Gasteiger partial charge in [-0.3, -0.25) is 0 Å². The van der Waals surface area contributed by atoms with E-state index in [1.165, 1.54) is 37.3 Å². The SMILES string of the molecule is C[C@@H](OC(=O)c1cc2ccccc2oc1=O)c1nnc(-c2ccc(F)cc2)o1. The van der Waals surface area contributed by atoms with E-state index in [9.17, 15) is 14.0 Å². The van der Waals surface area contributed by atoms with Crippen LogP contribution in [0.2, 0.25) is 0 Å². The minimum atomic E-state index is -0.903. The third-order valence-electron chi connectivity index (χ3n) is 4.02. The zero-order valence-corrected chi connectivity index (χ0v) is 14.6. The van der Waals surface area contributed by atoms with Gasteiger partial charge in [0.15, 0.2) is 6.10 Å². The minimum Gasteiger partial charge on any atom is -0.449 e. The molecule has 7 nitrogen and oxygen atoms in total. The number of aromatic nitrogens is 2. The number of esters is 1. The average Bonchev–Trinajstić information content (AvgIpc) is 3.18. The van der Waals surface area contributed by atoms with Crippen LogP contribution in [0.1, 0.15) is 29.3 Å². The summed E-state index contributed by atoms with van der Waals surface area (Å²) in [7, 11) is 0. The largest absolute Gasteiger partial charge is 0.449 e. The number of ether oxygens (including phenoxy) is 1. The van der Waals surface area contributed by atoms with Crippen molar-refractivity contribution in [3.05, 3.63) is 82.3 Å². The maximum atomic E-state index is 13.0. The van der Waals surface area contributed by atoms with E-state index >= 15 is 0 Å². The van der Waals surface area contributed by atoms with Gasteiger partial charge in [-0.2, -0.15) is 0 Å². The quantitative estimate of drug-likeness (QED) is 0.391. The van der Waals surface area contributed by atoms with Crippen LogP contribution in [0.15, 0.2) is 68.2 Å². The summed E-state index contributed by atoms with van der Waals surface area (Å²) in [5.41, 5.74) is -0.135. The van der Waals surface area contributed by atoms with Crippen LogP contribution in [0.25, 0.3) is 22.4 Å². The Bertz CT molecular complexity index is 1210. The van der Waals surface area contributed by atoms with Crippen molar-refractivity contribution in [2.24, 2.45) is 0 Å². The number of carbonyl (C=O) groups excluding carboxylic acids is 1. The van der Waals surface area contributed by atoms with Gasteiger partial charge in [0, 0.05) is 10.9 Å². The van der Waals surface area contributed by atoms with E-state index in [0.29, 0.717) is 16.5 Å². The lowest BCUT2D eigenvalue weighted by atomic mass is 10.2. The fourth-order valence-electron chi connectivity index (χ4n) is 2.59. The lowest BCUT2D eigenvalue weighted by Crippen LogP contribution is -2.18. The molecule has 0 aliphatic carbocycles. The topological polar surface area (TPSA) is 95.4 Å². The Kier molecular flexibility index (Phi) is 4.44. The van der Waals surface area contributed by atoms with E-state index in [0.717, 1.165) is 0 Å². The third kappa shape index (κ3) is 3.39. The lowest BCUT2D eigenvalue weighted by Gasteiger charge is -2.09. The van der Waals surface area contributed by atoms with Gasteiger partial charge in [-0.1, -0.05) is 18.2 Å². The zero-order valence-electron chi connectivity index (χ0n) is 14.6. The predicted octanol–water partition coefficient (Wildman–Crippen LogP) is 3.90. The molecule has 0 saturated carbocycles. The first-order chi connectivity index (χ1) is 13.5. The number of halogens is 1. The molecular formula is C20H13FN2O5. The van der Waals surface area contributed by atoms with Crippen molar-refractivity contribution in [2.75, 3.05) is 0 Å². The van der Waals surface area contributed by atoms with Crippen LogP contribution in [-0.2, 0) is 4.74 Å². The molecule has 140 valence electrons. The molecule has 4 rings (SSSR count). The number of fused-ring (bicyclic) bond motifs is 1. The van der Waals surface area contributed by atoms with Gasteiger partial charge in [-0.05, 0) is 43.3 Å². The normalized spacial score (nSPS) is 12.1. The van der Waals surface area contributed by atoms with Gasteiger partial charge in [-0.25, -0.2) is 14.0 Å². The van der Waals surface area contributed by atoms with Crippen LogP contribution >= 0.6 is 0 Å². The molecule has 2 aromatic heterocycles. The van der Waals surface area contributed by atoms with Gasteiger partial charge in [0.25, 0.3) is 5.89 Å². The van der Waals surface area contributed by atoms with Crippen LogP contribution < -0.4 is 5.63 Å². The van der Waals surface area contributed by atoms with E-state index in [1.54, 1.807) is 24.3 Å². The summed E-state index contributed by atoms with van der Waals surface area (Å²) in [6.07, 6.45) is -0.903. The second kappa shape index (κ2) is 7.07. The van der Waals surface area contributed by atoms with Crippen molar-refractivity contribution in [3.8, 4) is 11.5 Å². The van der Waals surface area contributed by atoms with Crippen molar-refractivity contribution in [2.45, 2.75) is 13.0 Å². The fraction of sp³-hybridized carbons (Fsp3) is 0.100. The van der Waals surface area contributed by atoms with E-state index in [-0.39, 0.29) is 23.2 Å². The predicted molar refractivity (Wildman–Crippen MR) is 96.0 cm³/mol. The summed E-state index contributed by atoms with van der Waals surface area (Å²) in [5, 5.41) is 8.31. The van der Waals surface area contributed by atoms with Crippen molar-refractivity contribution in [1.29, 1.82) is 0 Å². The van der Waals surface area contributed by atoms with E-state index in [4.69, 9.17) is 13.6 Å². The van der Waals surface area contributed by atoms with Crippen LogP contribution in [0, 0.1) is 5.82 Å². The van der Waals surface area contributed by atoms with Crippen LogP contribution in [0.5, 0.6) is 0 Å². The molecule has 0 unspecified atom stereocenters. The molecule has 2 aromatic carbocycles. The van der Waals surface area contributed by atoms with Gasteiger partial charge < -0.3 is 13.6 Å². The Morgan fingerprint density at radius 3 is 2.61 bits per heavy atom. The van der Waals surface area contributed by atoms with Gasteiger partial charge in [0.1, 0.15) is 17.0 Å². The number of hydrogen-bond donors (Lipinski definition) is 0. The minimum absolute atomic E-state index is 0.0397. The summed E-state index contributed by atoms with van der Waals surface area (Å²) < 4.78 is 28.9. The fourth-order valence-corrected chi connectivity index (χ4v) is 2.59. The molecule has 28 heavy (non-hydrogen) atoms. The van der Waals surface area contributed by atoms with Crippen molar-refractivity contribution < 1.29 is 22.8 Å². The van der Waals surface area contributed by atoms with Gasteiger partial charge in [-0.15, -0.1) is 10.2 Å². The highest BCUT2D eigenvalue weighted by atomic mass is 19.1. The highest BCUT2D eigenvalue weighted by molar-refractivity contribution is 5.92. The number of nitrogens with zero attached hydrogens (tertiary/aromatic N) is 2. The van der Waals surface area contributed by atoms with Crippen molar-refractivity contribution in [1.82, 2.24) is 10.2 Å². The number of hydrogen-bond acceptors (Lipinski definition) is 7. The first-order valence-corrected chi connectivity index (χ1v) is 8.34. The molecule has 2 heterocycles. The third-order valence-corrected chi connectivity index (χ3v) is 4.02. The summed E-state index contributed by atoms with van der Waals surface area (Å²) in [6.45, 7) is 1.53. The maximum absolute atomic E-state index is 13.0. The molecule has 8 heteroatoms.